The van der Waals surface area contributed by atoms with Crippen LogP contribution in [0.3, 0.4) is 0 Å². The largest absolute Gasteiger partial charge is 0.0622 e. The Labute approximate surface area is 139 Å². The van der Waals surface area contributed by atoms with Gasteiger partial charge in [0.2, 0.25) is 0 Å². The van der Waals surface area contributed by atoms with Crippen molar-refractivity contribution < 1.29 is 0 Å². The molecule has 0 aromatic carbocycles. The smallest absolute Gasteiger partial charge is 0.0360 e. The molecule has 0 bridgehead atoms. The Bertz CT molecular complexity index is 290. The molecule has 0 radical (unpaired) electrons. The molecular weight excluding hydrogens is 264 g/mol. The third-order valence-corrected chi connectivity index (χ3v) is 7.82. The summed E-state index contributed by atoms with van der Waals surface area (Å²) in [5.74, 6) is 6.35. The summed E-state index contributed by atoms with van der Waals surface area (Å²) in [6.45, 7) is 5.15. The van der Waals surface area contributed by atoms with Crippen LogP contribution in [-0.2, 0) is 0 Å². The lowest BCUT2D eigenvalue weighted by Gasteiger charge is -2.43. The van der Waals surface area contributed by atoms with Gasteiger partial charge < -0.3 is 0 Å². The van der Waals surface area contributed by atoms with Gasteiger partial charge in [-0.1, -0.05) is 84.5 Å². The summed E-state index contributed by atoms with van der Waals surface area (Å²) < 4.78 is 0. The maximum Gasteiger partial charge on any atom is -0.0360 e. The monoisotopic (exact) mass is 304 g/mol. The number of rotatable bonds is 0. The predicted octanol–water partition coefficient (Wildman–Crippen LogP) is 7.23. The van der Waals surface area contributed by atoms with Gasteiger partial charge in [-0.05, 0) is 54.8 Å². The standard InChI is InChI=1S/C22H40/c1-17-10-8-12-19-16-20-13-9-11-18(2)22(20)15-7-5-3-4-6-14-21(17)19/h17-22H,3-16H2,1-2H3/t17-,18+,19-,20+,21?,22?. The van der Waals surface area contributed by atoms with Crippen LogP contribution in [0, 0.1) is 35.5 Å². The van der Waals surface area contributed by atoms with Crippen LogP contribution in [-0.4, -0.2) is 0 Å². The molecule has 0 nitrogen and oxygen atoms in total. The van der Waals surface area contributed by atoms with E-state index >= 15 is 0 Å². The van der Waals surface area contributed by atoms with Crippen LogP contribution in [0.4, 0.5) is 0 Å². The Kier molecular flexibility index (Phi) is 6.28. The first kappa shape index (κ1) is 16.8. The molecule has 0 aliphatic heterocycles. The fourth-order valence-corrected chi connectivity index (χ4v) is 6.49. The van der Waals surface area contributed by atoms with Crippen LogP contribution >= 0.6 is 0 Å². The lowest BCUT2D eigenvalue weighted by atomic mass is 9.62. The second-order valence-electron chi connectivity index (χ2n) is 9.25. The molecule has 22 heavy (non-hydrogen) atoms. The van der Waals surface area contributed by atoms with E-state index < -0.39 is 0 Å². The lowest BCUT2D eigenvalue weighted by Crippen LogP contribution is -2.33. The van der Waals surface area contributed by atoms with E-state index in [4.69, 9.17) is 0 Å². The predicted molar refractivity (Wildman–Crippen MR) is 96.9 cm³/mol. The zero-order chi connectivity index (χ0) is 15.4. The molecule has 0 amide bonds. The van der Waals surface area contributed by atoms with Gasteiger partial charge in [0.15, 0.2) is 0 Å². The van der Waals surface area contributed by atoms with Crippen molar-refractivity contribution in [1.29, 1.82) is 0 Å². The van der Waals surface area contributed by atoms with Gasteiger partial charge >= 0.3 is 0 Å². The number of hydrogen-bond donors (Lipinski definition) is 0. The average Bonchev–Trinajstić information content (AvgIpc) is 2.49. The molecule has 3 saturated carbocycles. The molecule has 3 fully saturated rings. The summed E-state index contributed by atoms with van der Waals surface area (Å²) in [7, 11) is 0. The van der Waals surface area contributed by atoms with E-state index in [0.29, 0.717) is 0 Å². The first-order chi connectivity index (χ1) is 10.8. The molecular formula is C22H40. The Hall–Kier alpha value is 0. The van der Waals surface area contributed by atoms with Crippen LogP contribution in [0.15, 0.2) is 0 Å². The van der Waals surface area contributed by atoms with Gasteiger partial charge in [-0.15, -0.1) is 0 Å². The Balaban J connectivity index is 1.71. The SMILES string of the molecule is C[C@@H]1CCC[C@@H]2C[C@@H]3CCC[C@H](C)C3CCCCCCCC21. The summed E-state index contributed by atoms with van der Waals surface area (Å²) in [4.78, 5) is 0. The Morgan fingerprint density at radius 2 is 0.909 bits per heavy atom. The van der Waals surface area contributed by atoms with E-state index in [1.165, 1.54) is 57.8 Å². The zero-order valence-corrected chi connectivity index (χ0v) is 15.4. The molecule has 0 saturated heterocycles. The van der Waals surface area contributed by atoms with Crippen LogP contribution in [0.5, 0.6) is 0 Å². The van der Waals surface area contributed by atoms with Crippen LogP contribution < -0.4 is 0 Å². The van der Waals surface area contributed by atoms with Crippen LogP contribution in [0.2, 0.25) is 0 Å². The van der Waals surface area contributed by atoms with Crippen LogP contribution in [0.1, 0.15) is 104 Å². The Morgan fingerprint density at radius 3 is 1.41 bits per heavy atom. The summed E-state index contributed by atoms with van der Waals surface area (Å²) >= 11 is 0. The molecule has 6 atom stereocenters. The van der Waals surface area contributed by atoms with Crippen LogP contribution in [0.25, 0.3) is 0 Å². The molecule has 0 spiro atoms. The molecule has 3 aliphatic carbocycles. The third kappa shape index (κ3) is 4.09. The minimum absolute atomic E-state index is 1.01. The summed E-state index contributed by atoms with van der Waals surface area (Å²) in [6.07, 6.45) is 21.5. The van der Waals surface area contributed by atoms with E-state index in [0.717, 1.165) is 35.5 Å². The highest BCUT2D eigenvalue weighted by Crippen LogP contribution is 2.47. The molecule has 0 heteroatoms. The average molecular weight is 305 g/mol. The van der Waals surface area contributed by atoms with E-state index in [-0.39, 0.29) is 0 Å². The second-order valence-corrected chi connectivity index (χ2v) is 9.25. The van der Waals surface area contributed by atoms with E-state index in [1.807, 2.05) is 0 Å². The maximum absolute atomic E-state index is 2.57. The highest BCUT2D eigenvalue weighted by atomic mass is 14.4. The van der Waals surface area contributed by atoms with Gasteiger partial charge in [-0.3, -0.25) is 0 Å². The molecule has 3 aliphatic rings. The highest BCUT2D eigenvalue weighted by molar-refractivity contribution is 4.87. The molecule has 0 heterocycles. The quantitative estimate of drug-likeness (QED) is 0.443. The van der Waals surface area contributed by atoms with E-state index in [1.54, 1.807) is 32.1 Å². The minimum atomic E-state index is 1.01. The van der Waals surface area contributed by atoms with Gasteiger partial charge in [0.05, 0.1) is 0 Å². The normalized spacial score (nSPS) is 45.0. The summed E-state index contributed by atoms with van der Waals surface area (Å²) in [5.41, 5.74) is 0. The topological polar surface area (TPSA) is 0 Å². The minimum Gasteiger partial charge on any atom is -0.0622 e. The molecule has 0 aromatic heterocycles. The van der Waals surface area contributed by atoms with Crippen molar-refractivity contribution in [2.24, 2.45) is 35.5 Å². The Morgan fingerprint density at radius 1 is 0.455 bits per heavy atom. The van der Waals surface area contributed by atoms with Crippen molar-refractivity contribution in [3.05, 3.63) is 0 Å². The summed E-state index contributed by atoms with van der Waals surface area (Å²) in [5, 5.41) is 0. The fourth-order valence-electron chi connectivity index (χ4n) is 6.49. The highest BCUT2D eigenvalue weighted by Gasteiger charge is 2.36. The van der Waals surface area contributed by atoms with Crippen molar-refractivity contribution in [1.82, 2.24) is 0 Å². The second kappa shape index (κ2) is 8.20. The molecule has 128 valence electrons. The van der Waals surface area contributed by atoms with Crippen molar-refractivity contribution >= 4 is 0 Å². The van der Waals surface area contributed by atoms with Gasteiger partial charge in [0, 0.05) is 0 Å². The molecule has 2 unspecified atom stereocenters. The van der Waals surface area contributed by atoms with Crippen molar-refractivity contribution in [3.63, 3.8) is 0 Å². The molecule has 0 N–H and O–H groups in total. The number of fused-ring (bicyclic) bond motifs is 2. The summed E-state index contributed by atoms with van der Waals surface area (Å²) in [6, 6.07) is 0. The van der Waals surface area contributed by atoms with Gasteiger partial charge in [-0.25, -0.2) is 0 Å². The van der Waals surface area contributed by atoms with Crippen molar-refractivity contribution in [2.75, 3.05) is 0 Å². The van der Waals surface area contributed by atoms with Crippen molar-refractivity contribution in [3.8, 4) is 0 Å². The third-order valence-electron chi connectivity index (χ3n) is 7.82. The lowest BCUT2D eigenvalue weighted by molar-refractivity contribution is 0.0722. The zero-order valence-electron chi connectivity index (χ0n) is 15.4. The van der Waals surface area contributed by atoms with E-state index in [2.05, 4.69) is 13.8 Å². The first-order valence-electron chi connectivity index (χ1n) is 10.8. The van der Waals surface area contributed by atoms with Gasteiger partial charge in [0.1, 0.15) is 0 Å². The van der Waals surface area contributed by atoms with E-state index in [9.17, 15) is 0 Å². The van der Waals surface area contributed by atoms with Gasteiger partial charge in [0.25, 0.3) is 0 Å². The fraction of sp³-hybridized carbons (Fsp3) is 1.00. The van der Waals surface area contributed by atoms with Gasteiger partial charge in [-0.2, -0.15) is 0 Å². The maximum atomic E-state index is 2.57. The molecule has 3 rings (SSSR count). The first-order valence-corrected chi connectivity index (χ1v) is 10.8. The molecule has 0 aromatic rings. The number of hydrogen-bond acceptors (Lipinski definition) is 0. The van der Waals surface area contributed by atoms with Crippen molar-refractivity contribution in [2.45, 2.75) is 104 Å².